The van der Waals surface area contributed by atoms with Crippen molar-refractivity contribution in [2.24, 2.45) is 5.92 Å². The molecule has 0 aromatic carbocycles. The lowest BCUT2D eigenvalue weighted by molar-refractivity contribution is -0.127. The van der Waals surface area contributed by atoms with Crippen molar-refractivity contribution < 1.29 is 4.79 Å². The summed E-state index contributed by atoms with van der Waals surface area (Å²) >= 11 is 3.29. The molecular weight excluding hydrogens is 390 g/mol. The Bertz CT molecular complexity index is 1020. The standard InChI is InChI=1S/C20H27N5OS2/c1-5-15-21-19-17(13-9-8-12(4)10-14(13)28-19)18-22-23-20(25(15)18)27-11-16(26)24(6-2)7-3/h12H,5-11H2,1-4H3. The first-order chi connectivity index (χ1) is 13.6. The Hall–Kier alpha value is -1.67. The maximum Gasteiger partial charge on any atom is 0.233 e. The van der Waals surface area contributed by atoms with Crippen molar-refractivity contribution in [3.63, 3.8) is 0 Å². The molecule has 28 heavy (non-hydrogen) atoms. The fourth-order valence-electron chi connectivity index (χ4n) is 4.00. The van der Waals surface area contributed by atoms with Crippen LogP contribution in [0, 0.1) is 5.92 Å². The van der Waals surface area contributed by atoms with Gasteiger partial charge in [0.05, 0.1) is 11.1 Å². The van der Waals surface area contributed by atoms with Crippen molar-refractivity contribution in [1.29, 1.82) is 0 Å². The first kappa shape index (κ1) is 19.6. The Morgan fingerprint density at radius 1 is 1.29 bits per heavy atom. The molecule has 1 atom stereocenters. The van der Waals surface area contributed by atoms with E-state index in [-0.39, 0.29) is 5.91 Å². The SMILES string of the molecule is CCc1nc2sc3c(c2c2nnc(SCC(=O)N(CC)CC)n12)CCC(C)C3. The minimum atomic E-state index is 0.140. The van der Waals surface area contributed by atoms with Gasteiger partial charge in [-0.3, -0.25) is 9.20 Å². The maximum atomic E-state index is 12.4. The molecule has 6 nitrogen and oxygen atoms in total. The van der Waals surface area contributed by atoms with E-state index < -0.39 is 0 Å². The number of thiophene rings is 1. The molecule has 3 aromatic rings. The van der Waals surface area contributed by atoms with Crippen molar-refractivity contribution in [1.82, 2.24) is 24.5 Å². The Kier molecular flexibility index (Phi) is 5.60. The number of amides is 1. The molecule has 0 aliphatic heterocycles. The van der Waals surface area contributed by atoms with Gasteiger partial charge in [-0.15, -0.1) is 21.5 Å². The second-order valence-corrected chi connectivity index (χ2v) is 9.44. The Labute approximate surface area is 173 Å². The summed E-state index contributed by atoms with van der Waals surface area (Å²) in [5.41, 5.74) is 2.33. The third-order valence-electron chi connectivity index (χ3n) is 5.60. The predicted molar refractivity (Wildman–Crippen MR) is 115 cm³/mol. The van der Waals surface area contributed by atoms with Crippen LogP contribution in [-0.2, 0) is 24.1 Å². The number of thioether (sulfide) groups is 1. The third-order valence-corrected chi connectivity index (χ3v) is 7.66. The number of carbonyl (C=O) groups is 1. The topological polar surface area (TPSA) is 63.4 Å². The van der Waals surface area contributed by atoms with Crippen molar-refractivity contribution in [2.75, 3.05) is 18.8 Å². The van der Waals surface area contributed by atoms with Gasteiger partial charge in [-0.2, -0.15) is 0 Å². The molecule has 0 fully saturated rings. The van der Waals surface area contributed by atoms with E-state index in [1.54, 1.807) is 0 Å². The zero-order valence-corrected chi connectivity index (χ0v) is 18.6. The van der Waals surface area contributed by atoms with E-state index in [9.17, 15) is 4.79 Å². The van der Waals surface area contributed by atoms with E-state index in [1.807, 2.05) is 30.1 Å². The highest BCUT2D eigenvalue weighted by Crippen LogP contribution is 2.39. The van der Waals surface area contributed by atoms with Gasteiger partial charge in [-0.1, -0.05) is 25.6 Å². The summed E-state index contributed by atoms with van der Waals surface area (Å²) in [6, 6.07) is 0. The van der Waals surface area contributed by atoms with Crippen LogP contribution in [0.4, 0.5) is 0 Å². The van der Waals surface area contributed by atoms with Crippen LogP contribution in [0.2, 0.25) is 0 Å². The van der Waals surface area contributed by atoms with Crippen LogP contribution in [0.3, 0.4) is 0 Å². The van der Waals surface area contributed by atoms with E-state index in [4.69, 9.17) is 4.98 Å². The van der Waals surface area contributed by atoms with E-state index >= 15 is 0 Å². The van der Waals surface area contributed by atoms with Gasteiger partial charge in [0.15, 0.2) is 10.8 Å². The number of aryl methyl sites for hydroxylation is 2. The number of hydrogen-bond acceptors (Lipinski definition) is 6. The highest BCUT2D eigenvalue weighted by atomic mass is 32.2. The number of nitrogens with zero attached hydrogens (tertiary/aromatic N) is 5. The first-order valence-electron chi connectivity index (χ1n) is 10.2. The number of hydrogen-bond donors (Lipinski definition) is 0. The Balaban J connectivity index is 1.76. The monoisotopic (exact) mass is 417 g/mol. The van der Waals surface area contributed by atoms with Crippen LogP contribution in [0.15, 0.2) is 5.16 Å². The lowest BCUT2D eigenvalue weighted by atomic mass is 9.89. The zero-order valence-electron chi connectivity index (χ0n) is 17.0. The van der Waals surface area contributed by atoms with E-state index in [0.717, 1.165) is 59.7 Å². The molecule has 4 rings (SSSR count). The molecule has 1 unspecified atom stereocenters. The molecule has 1 aliphatic carbocycles. The Morgan fingerprint density at radius 3 is 2.79 bits per heavy atom. The molecular formula is C20H27N5OS2. The molecule has 8 heteroatoms. The smallest absolute Gasteiger partial charge is 0.233 e. The summed E-state index contributed by atoms with van der Waals surface area (Å²) < 4.78 is 2.08. The fourth-order valence-corrected chi connectivity index (χ4v) is 6.25. The molecule has 0 spiro atoms. The van der Waals surface area contributed by atoms with Gasteiger partial charge < -0.3 is 4.90 Å². The van der Waals surface area contributed by atoms with E-state index in [2.05, 4.69) is 28.4 Å². The van der Waals surface area contributed by atoms with Gasteiger partial charge >= 0.3 is 0 Å². The van der Waals surface area contributed by atoms with Crippen LogP contribution >= 0.6 is 23.1 Å². The molecule has 3 heterocycles. The highest BCUT2D eigenvalue weighted by Gasteiger charge is 2.25. The summed E-state index contributed by atoms with van der Waals surface area (Å²) in [6.45, 7) is 9.92. The largest absolute Gasteiger partial charge is 0.343 e. The van der Waals surface area contributed by atoms with Crippen molar-refractivity contribution in [2.45, 2.75) is 58.5 Å². The quantitative estimate of drug-likeness (QED) is 0.568. The summed E-state index contributed by atoms with van der Waals surface area (Å²) in [7, 11) is 0. The summed E-state index contributed by atoms with van der Waals surface area (Å²) in [5, 5.41) is 11.0. The van der Waals surface area contributed by atoms with Crippen LogP contribution in [0.5, 0.6) is 0 Å². The van der Waals surface area contributed by atoms with Crippen LogP contribution in [0.1, 0.15) is 50.4 Å². The molecule has 0 saturated heterocycles. The summed E-state index contributed by atoms with van der Waals surface area (Å²) in [5.74, 6) is 2.22. The third kappa shape index (κ3) is 3.30. The second-order valence-electron chi connectivity index (χ2n) is 7.41. The van der Waals surface area contributed by atoms with Crippen LogP contribution in [-0.4, -0.2) is 49.2 Å². The summed E-state index contributed by atoms with van der Waals surface area (Å²) in [6.07, 6.45) is 4.25. The number of fused-ring (bicyclic) bond motifs is 5. The number of aromatic nitrogens is 4. The number of carbonyl (C=O) groups excluding carboxylic acids is 1. The lowest BCUT2D eigenvalue weighted by Crippen LogP contribution is -2.31. The van der Waals surface area contributed by atoms with Crippen molar-refractivity contribution in [3.05, 3.63) is 16.3 Å². The molecule has 150 valence electrons. The van der Waals surface area contributed by atoms with Gasteiger partial charge in [0, 0.05) is 24.4 Å². The summed E-state index contributed by atoms with van der Waals surface area (Å²) in [4.78, 5) is 21.8. The zero-order chi connectivity index (χ0) is 19.8. The minimum Gasteiger partial charge on any atom is -0.343 e. The molecule has 3 aromatic heterocycles. The molecule has 1 aliphatic rings. The average Bonchev–Trinajstić information content (AvgIpc) is 3.26. The predicted octanol–water partition coefficient (Wildman–Crippen LogP) is 3.99. The van der Waals surface area contributed by atoms with Gasteiger partial charge in [-0.05, 0) is 44.6 Å². The molecule has 0 radical (unpaired) electrons. The van der Waals surface area contributed by atoms with E-state index in [1.165, 1.54) is 34.0 Å². The van der Waals surface area contributed by atoms with Gasteiger partial charge in [0.1, 0.15) is 10.7 Å². The van der Waals surface area contributed by atoms with Gasteiger partial charge in [-0.25, -0.2) is 4.98 Å². The van der Waals surface area contributed by atoms with Crippen LogP contribution < -0.4 is 0 Å². The molecule has 0 bridgehead atoms. The van der Waals surface area contributed by atoms with Crippen molar-refractivity contribution in [3.8, 4) is 0 Å². The maximum absolute atomic E-state index is 12.4. The highest BCUT2D eigenvalue weighted by molar-refractivity contribution is 7.99. The molecule has 0 saturated carbocycles. The molecule has 1 amide bonds. The second kappa shape index (κ2) is 7.99. The van der Waals surface area contributed by atoms with Crippen LogP contribution in [0.25, 0.3) is 15.9 Å². The van der Waals surface area contributed by atoms with Gasteiger partial charge in [0.2, 0.25) is 5.91 Å². The average molecular weight is 418 g/mol. The fraction of sp³-hybridized carbons (Fsp3) is 0.600. The Morgan fingerprint density at radius 2 is 2.07 bits per heavy atom. The first-order valence-corrected chi connectivity index (χ1v) is 12.0. The lowest BCUT2D eigenvalue weighted by Gasteiger charge is -2.18. The molecule has 0 N–H and O–H groups in total. The van der Waals surface area contributed by atoms with E-state index in [0.29, 0.717) is 5.75 Å². The van der Waals surface area contributed by atoms with Crippen molar-refractivity contribution >= 4 is 44.9 Å². The number of rotatable bonds is 6. The van der Waals surface area contributed by atoms with Gasteiger partial charge in [0.25, 0.3) is 0 Å². The normalized spacial score (nSPS) is 16.6. The minimum absolute atomic E-state index is 0.140.